The number of nitrogen functional groups attached to an aromatic ring is 1. The van der Waals surface area contributed by atoms with E-state index in [1.165, 1.54) is 5.56 Å². The van der Waals surface area contributed by atoms with E-state index in [-0.39, 0.29) is 6.04 Å². The van der Waals surface area contributed by atoms with Crippen molar-refractivity contribution in [3.8, 4) is 0 Å². The van der Waals surface area contributed by atoms with Crippen LogP contribution in [0.3, 0.4) is 0 Å². The van der Waals surface area contributed by atoms with E-state index in [9.17, 15) is 0 Å². The molecule has 20 heavy (non-hydrogen) atoms. The maximum absolute atomic E-state index is 5.73. The molecular weight excluding hydrogens is 250 g/mol. The minimum absolute atomic E-state index is 0.195. The van der Waals surface area contributed by atoms with Gasteiger partial charge in [-0.05, 0) is 30.5 Å². The Morgan fingerprint density at radius 2 is 2.15 bits per heavy atom. The van der Waals surface area contributed by atoms with Gasteiger partial charge in [0.05, 0.1) is 11.6 Å². The maximum atomic E-state index is 5.73. The number of benzene rings is 1. The summed E-state index contributed by atoms with van der Waals surface area (Å²) in [4.78, 5) is 8.84. The second-order valence-electron chi connectivity index (χ2n) is 5.20. The molecule has 1 aromatic carbocycles. The van der Waals surface area contributed by atoms with Crippen LogP contribution in [-0.2, 0) is 6.42 Å². The summed E-state index contributed by atoms with van der Waals surface area (Å²) in [6.45, 7) is 0. The zero-order chi connectivity index (χ0) is 13.5. The highest BCUT2D eigenvalue weighted by atomic mass is 15.4. The van der Waals surface area contributed by atoms with E-state index in [0.717, 1.165) is 36.0 Å². The molecule has 0 fully saturated rings. The van der Waals surface area contributed by atoms with Crippen LogP contribution in [0.1, 0.15) is 30.3 Å². The molecule has 1 aliphatic rings. The molecule has 0 aliphatic carbocycles. The summed E-state index contributed by atoms with van der Waals surface area (Å²) in [7, 11) is 0. The molecule has 1 unspecified atom stereocenters. The Morgan fingerprint density at radius 1 is 1.25 bits per heavy atom. The SMILES string of the molecule is Nc1nc2n(n1)C(c1cnc3ccccc3c1)CCC2. The van der Waals surface area contributed by atoms with Crippen LogP contribution >= 0.6 is 0 Å². The van der Waals surface area contributed by atoms with Gasteiger partial charge in [0, 0.05) is 18.0 Å². The van der Waals surface area contributed by atoms with Crippen LogP contribution in [0.5, 0.6) is 0 Å². The molecule has 0 bridgehead atoms. The van der Waals surface area contributed by atoms with E-state index < -0.39 is 0 Å². The maximum Gasteiger partial charge on any atom is 0.239 e. The number of nitrogens with two attached hydrogens (primary N) is 1. The number of nitrogens with zero attached hydrogens (tertiary/aromatic N) is 4. The number of hydrogen-bond donors (Lipinski definition) is 1. The average molecular weight is 265 g/mol. The van der Waals surface area contributed by atoms with Crippen LogP contribution in [0.4, 0.5) is 5.95 Å². The summed E-state index contributed by atoms with van der Waals surface area (Å²) in [5.41, 5.74) is 7.92. The molecule has 2 aromatic heterocycles. The molecular formula is C15H15N5. The van der Waals surface area contributed by atoms with Crippen molar-refractivity contribution in [1.82, 2.24) is 19.7 Å². The monoisotopic (exact) mass is 265 g/mol. The van der Waals surface area contributed by atoms with Crippen LogP contribution in [-0.4, -0.2) is 19.7 Å². The van der Waals surface area contributed by atoms with Crippen LogP contribution in [0.25, 0.3) is 10.9 Å². The second-order valence-corrected chi connectivity index (χ2v) is 5.20. The Balaban J connectivity index is 1.83. The van der Waals surface area contributed by atoms with E-state index in [2.05, 4.69) is 27.2 Å². The van der Waals surface area contributed by atoms with E-state index in [1.807, 2.05) is 29.1 Å². The molecule has 5 nitrogen and oxygen atoms in total. The molecule has 0 saturated heterocycles. The van der Waals surface area contributed by atoms with Crippen LogP contribution in [0, 0.1) is 0 Å². The minimum atomic E-state index is 0.195. The van der Waals surface area contributed by atoms with Gasteiger partial charge >= 0.3 is 0 Å². The molecule has 100 valence electrons. The number of fused-ring (bicyclic) bond motifs is 2. The number of rotatable bonds is 1. The van der Waals surface area contributed by atoms with Gasteiger partial charge in [0.2, 0.25) is 5.95 Å². The van der Waals surface area contributed by atoms with Crippen molar-refractivity contribution < 1.29 is 0 Å². The predicted molar refractivity (Wildman–Crippen MR) is 77.3 cm³/mol. The lowest BCUT2D eigenvalue weighted by Gasteiger charge is -2.23. The largest absolute Gasteiger partial charge is 0.366 e. The first kappa shape index (κ1) is 11.4. The summed E-state index contributed by atoms with van der Waals surface area (Å²) in [6.07, 6.45) is 5.05. The quantitative estimate of drug-likeness (QED) is 0.733. The number of aromatic nitrogens is 4. The van der Waals surface area contributed by atoms with Gasteiger partial charge in [-0.25, -0.2) is 4.68 Å². The van der Waals surface area contributed by atoms with Crippen molar-refractivity contribution >= 4 is 16.9 Å². The van der Waals surface area contributed by atoms with E-state index >= 15 is 0 Å². The highest BCUT2D eigenvalue weighted by molar-refractivity contribution is 5.78. The normalized spacial score (nSPS) is 18.1. The molecule has 1 atom stereocenters. The van der Waals surface area contributed by atoms with Gasteiger partial charge < -0.3 is 5.73 Å². The number of pyridine rings is 1. The molecule has 0 radical (unpaired) electrons. The van der Waals surface area contributed by atoms with Gasteiger partial charge in [0.1, 0.15) is 5.82 Å². The summed E-state index contributed by atoms with van der Waals surface area (Å²) in [6, 6.07) is 10.5. The summed E-state index contributed by atoms with van der Waals surface area (Å²) in [5, 5.41) is 5.50. The van der Waals surface area contributed by atoms with Gasteiger partial charge in [-0.15, -0.1) is 5.10 Å². The standard InChI is InChI=1S/C15H15N5/c16-15-18-14-7-3-6-13(20(14)19-15)11-8-10-4-1-2-5-12(10)17-9-11/h1-2,4-5,8-9,13H,3,6-7H2,(H2,16,19). The Bertz CT molecular complexity index is 777. The topological polar surface area (TPSA) is 69.6 Å². The van der Waals surface area contributed by atoms with Crippen molar-refractivity contribution in [2.45, 2.75) is 25.3 Å². The van der Waals surface area contributed by atoms with E-state index in [4.69, 9.17) is 5.73 Å². The third-order valence-corrected chi connectivity index (χ3v) is 3.89. The van der Waals surface area contributed by atoms with Crippen molar-refractivity contribution in [2.75, 3.05) is 5.73 Å². The lowest BCUT2D eigenvalue weighted by Crippen LogP contribution is -2.20. The first-order valence-corrected chi connectivity index (χ1v) is 6.87. The number of hydrogen-bond acceptors (Lipinski definition) is 4. The Hall–Kier alpha value is -2.43. The van der Waals surface area contributed by atoms with Crippen LogP contribution in [0.15, 0.2) is 36.5 Å². The molecule has 4 rings (SSSR count). The third-order valence-electron chi connectivity index (χ3n) is 3.89. The highest BCUT2D eigenvalue weighted by Gasteiger charge is 2.24. The van der Waals surface area contributed by atoms with Crippen molar-refractivity contribution in [1.29, 1.82) is 0 Å². The zero-order valence-electron chi connectivity index (χ0n) is 11.0. The fraction of sp³-hybridized carbons (Fsp3) is 0.267. The summed E-state index contributed by atoms with van der Waals surface area (Å²) < 4.78 is 1.96. The van der Waals surface area contributed by atoms with Gasteiger partial charge in [-0.2, -0.15) is 4.98 Å². The molecule has 2 N–H and O–H groups in total. The molecule has 5 heteroatoms. The highest BCUT2D eigenvalue weighted by Crippen LogP contribution is 2.30. The fourth-order valence-electron chi connectivity index (χ4n) is 2.95. The third kappa shape index (κ3) is 1.74. The van der Waals surface area contributed by atoms with Gasteiger partial charge in [-0.3, -0.25) is 4.98 Å². The predicted octanol–water partition coefficient (Wildman–Crippen LogP) is 2.33. The van der Waals surface area contributed by atoms with E-state index in [0.29, 0.717) is 5.95 Å². The lowest BCUT2D eigenvalue weighted by molar-refractivity contribution is 0.412. The van der Waals surface area contributed by atoms with Crippen molar-refractivity contribution in [3.63, 3.8) is 0 Å². The van der Waals surface area contributed by atoms with Gasteiger partial charge in [-0.1, -0.05) is 18.2 Å². The van der Waals surface area contributed by atoms with Gasteiger partial charge in [0.25, 0.3) is 0 Å². The first-order valence-electron chi connectivity index (χ1n) is 6.87. The van der Waals surface area contributed by atoms with Crippen molar-refractivity contribution in [3.05, 3.63) is 47.9 Å². The molecule has 0 saturated carbocycles. The molecule has 0 amide bonds. The lowest BCUT2D eigenvalue weighted by atomic mass is 9.98. The minimum Gasteiger partial charge on any atom is -0.366 e. The smallest absolute Gasteiger partial charge is 0.239 e. The Kier molecular flexibility index (Phi) is 2.45. The first-order chi connectivity index (χ1) is 9.81. The van der Waals surface area contributed by atoms with Gasteiger partial charge in [0.15, 0.2) is 0 Å². The number of aryl methyl sites for hydroxylation is 1. The molecule has 3 heterocycles. The van der Waals surface area contributed by atoms with Crippen molar-refractivity contribution in [2.24, 2.45) is 0 Å². The average Bonchev–Trinajstić information content (AvgIpc) is 2.86. The fourth-order valence-corrected chi connectivity index (χ4v) is 2.95. The van der Waals surface area contributed by atoms with E-state index in [1.54, 1.807) is 0 Å². The summed E-state index contributed by atoms with van der Waals surface area (Å²) >= 11 is 0. The summed E-state index contributed by atoms with van der Waals surface area (Å²) in [5.74, 6) is 1.34. The van der Waals surface area contributed by atoms with Crippen LogP contribution < -0.4 is 5.73 Å². The molecule has 0 spiro atoms. The second kappa shape index (κ2) is 4.30. The molecule has 1 aliphatic heterocycles. The Labute approximate surface area is 116 Å². The number of anilines is 1. The Morgan fingerprint density at radius 3 is 3.10 bits per heavy atom. The number of para-hydroxylation sites is 1. The van der Waals surface area contributed by atoms with Crippen LogP contribution in [0.2, 0.25) is 0 Å². The molecule has 3 aromatic rings. The zero-order valence-corrected chi connectivity index (χ0v) is 11.0.